The highest BCUT2D eigenvalue weighted by Crippen LogP contribution is 2.33. The van der Waals surface area contributed by atoms with Gasteiger partial charge < -0.3 is 15.0 Å². The average Bonchev–Trinajstić information content (AvgIpc) is 2.67. The van der Waals surface area contributed by atoms with E-state index in [4.69, 9.17) is 9.72 Å². The van der Waals surface area contributed by atoms with Crippen LogP contribution in [0.1, 0.15) is 50.6 Å². The van der Waals surface area contributed by atoms with Crippen molar-refractivity contribution < 1.29 is 4.74 Å². The molecule has 0 unspecified atom stereocenters. The highest BCUT2D eigenvalue weighted by molar-refractivity contribution is 7.15. The molecule has 1 N–H and O–H groups in total. The normalized spacial score (nSPS) is 16.2. The molecule has 0 radical (unpaired) electrons. The lowest BCUT2D eigenvalue weighted by Crippen LogP contribution is -2.37. The summed E-state index contributed by atoms with van der Waals surface area (Å²) in [5.74, 6) is 0. The van der Waals surface area contributed by atoms with Crippen LogP contribution < -0.4 is 10.2 Å². The number of ether oxygens (including phenoxy) is 1. The molecule has 1 aromatic rings. The van der Waals surface area contributed by atoms with Crippen LogP contribution >= 0.6 is 11.3 Å². The molecule has 1 saturated carbocycles. The van der Waals surface area contributed by atoms with Gasteiger partial charge in [0.2, 0.25) is 0 Å². The Hall–Kier alpha value is -0.650. The second-order valence-corrected chi connectivity index (χ2v) is 7.66. The Morgan fingerprint density at radius 3 is 2.60 bits per heavy atom. The van der Waals surface area contributed by atoms with Crippen LogP contribution in [0.4, 0.5) is 5.13 Å². The summed E-state index contributed by atoms with van der Waals surface area (Å²) in [6, 6.07) is 0.681. The average molecular weight is 297 g/mol. The summed E-state index contributed by atoms with van der Waals surface area (Å²) >= 11 is 1.80. The van der Waals surface area contributed by atoms with Crippen molar-refractivity contribution in [3.05, 3.63) is 10.6 Å². The van der Waals surface area contributed by atoms with E-state index in [9.17, 15) is 0 Å². The fraction of sp³-hybridized carbons (Fsp3) is 0.800. The Bertz CT molecular complexity index is 435. The molecular weight excluding hydrogens is 270 g/mol. The number of aromatic nitrogens is 1. The third kappa shape index (κ3) is 3.93. The quantitative estimate of drug-likeness (QED) is 0.875. The van der Waals surface area contributed by atoms with Crippen molar-refractivity contribution in [3.8, 4) is 0 Å². The third-order valence-electron chi connectivity index (χ3n) is 3.75. The summed E-state index contributed by atoms with van der Waals surface area (Å²) in [5, 5.41) is 4.67. The molecule has 0 atom stereocenters. The summed E-state index contributed by atoms with van der Waals surface area (Å²) < 4.78 is 5.29. The van der Waals surface area contributed by atoms with Crippen LogP contribution in [0.2, 0.25) is 0 Å². The maximum atomic E-state index is 5.29. The molecule has 0 amide bonds. The van der Waals surface area contributed by atoms with Crippen LogP contribution in [0, 0.1) is 0 Å². The standard InChI is InChI=1S/C15H27N3OS/c1-15(2,3)16-9-13-12(10-19-5)17-14(20-13)18(4)11-7-6-8-11/h11,16H,6-10H2,1-5H3. The number of hydrogen-bond acceptors (Lipinski definition) is 5. The first-order chi connectivity index (χ1) is 9.40. The first kappa shape index (κ1) is 15.7. The maximum Gasteiger partial charge on any atom is 0.185 e. The second kappa shape index (κ2) is 6.41. The fourth-order valence-corrected chi connectivity index (χ4v) is 3.22. The van der Waals surface area contributed by atoms with Gasteiger partial charge in [-0.3, -0.25) is 0 Å². The van der Waals surface area contributed by atoms with Gasteiger partial charge in [0.1, 0.15) is 0 Å². The molecule has 0 bridgehead atoms. The van der Waals surface area contributed by atoms with E-state index in [-0.39, 0.29) is 5.54 Å². The summed E-state index contributed by atoms with van der Waals surface area (Å²) in [4.78, 5) is 8.42. The highest BCUT2D eigenvalue weighted by atomic mass is 32.1. The minimum atomic E-state index is 0.119. The molecular formula is C15H27N3OS. The van der Waals surface area contributed by atoms with Crippen molar-refractivity contribution in [3.63, 3.8) is 0 Å². The number of thiazole rings is 1. The van der Waals surface area contributed by atoms with E-state index >= 15 is 0 Å². The minimum Gasteiger partial charge on any atom is -0.378 e. The first-order valence-electron chi connectivity index (χ1n) is 7.36. The van der Waals surface area contributed by atoms with Crippen molar-refractivity contribution in [2.45, 2.75) is 64.8 Å². The Morgan fingerprint density at radius 1 is 1.40 bits per heavy atom. The summed E-state index contributed by atoms with van der Waals surface area (Å²) in [7, 11) is 3.90. The van der Waals surface area contributed by atoms with Gasteiger partial charge in [0, 0.05) is 37.2 Å². The van der Waals surface area contributed by atoms with Crippen LogP contribution in [-0.4, -0.2) is 30.7 Å². The lowest BCUT2D eigenvalue weighted by Gasteiger charge is -2.34. The van der Waals surface area contributed by atoms with Gasteiger partial charge in [-0.15, -0.1) is 11.3 Å². The van der Waals surface area contributed by atoms with E-state index in [1.807, 2.05) is 0 Å². The van der Waals surface area contributed by atoms with E-state index in [0.717, 1.165) is 17.4 Å². The molecule has 0 spiro atoms. The number of hydrogen-bond donors (Lipinski definition) is 1. The molecule has 5 heteroatoms. The number of nitrogens with one attached hydrogen (secondary N) is 1. The number of methoxy groups -OCH3 is 1. The van der Waals surface area contributed by atoms with Crippen LogP contribution in [0.3, 0.4) is 0 Å². The first-order valence-corrected chi connectivity index (χ1v) is 8.18. The van der Waals surface area contributed by atoms with Crippen LogP contribution in [0.15, 0.2) is 0 Å². The van der Waals surface area contributed by atoms with Gasteiger partial charge in [0.15, 0.2) is 5.13 Å². The van der Waals surface area contributed by atoms with Crippen molar-refractivity contribution in [1.29, 1.82) is 0 Å². The van der Waals surface area contributed by atoms with E-state index in [1.54, 1.807) is 18.4 Å². The number of rotatable bonds is 6. The number of anilines is 1. The molecule has 1 fully saturated rings. The Morgan fingerprint density at radius 2 is 2.10 bits per heavy atom. The lowest BCUT2D eigenvalue weighted by atomic mass is 9.92. The third-order valence-corrected chi connectivity index (χ3v) is 4.94. The molecule has 1 aliphatic carbocycles. The van der Waals surface area contributed by atoms with Gasteiger partial charge in [-0.1, -0.05) is 0 Å². The Kier molecular flexibility index (Phi) is 5.04. The molecule has 0 aliphatic heterocycles. The molecule has 1 aliphatic rings. The van der Waals surface area contributed by atoms with E-state index in [1.165, 1.54) is 24.1 Å². The predicted octanol–water partition coefficient (Wildman–Crippen LogP) is 3.17. The Balaban J connectivity index is 2.10. The SMILES string of the molecule is COCc1nc(N(C)C2CCC2)sc1CNC(C)(C)C. The van der Waals surface area contributed by atoms with Crippen molar-refractivity contribution in [2.75, 3.05) is 19.1 Å². The summed E-state index contributed by atoms with van der Waals surface area (Å²) in [6.45, 7) is 8.01. The zero-order valence-electron chi connectivity index (χ0n) is 13.3. The van der Waals surface area contributed by atoms with Gasteiger partial charge in [0.05, 0.1) is 12.3 Å². The molecule has 1 heterocycles. The lowest BCUT2D eigenvalue weighted by molar-refractivity contribution is 0.181. The zero-order valence-corrected chi connectivity index (χ0v) is 14.1. The monoisotopic (exact) mass is 297 g/mol. The molecule has 20 heavy (non-hydrogen) atoms. The van der Waals surface area contributed by atoms with E-state index in [0.29, 0.717) is 12.6 Å². The molecule has 0 saturated heterocycles. The van der Waals surface area contributed by atoms with Crippen LogP contribution in [-0.2, 0) is 17.9 Å². The van der Waals surface area contributed by atoms with Gasteiger partial charge >= 0.3 is 0 Å². The van der Waals surface area contributed by atoms with Crippen LogP contribution in [0.25, 0.3) is 0 Å². The maximum absolute atomic E-state index is 5.29. The van der Waals surface area contributed by atoms with Gasteiger partial charge in [0.25, 0.3) is 0 Å². The smallest absolute Gasteiger partial charge is 0.185 e. The van der Waals surface area contributed by atoms with Crippen molar-refractivity contribution >= 4 is 16.5 Å². The molecule has 0 aromatic carbocycles. The molecule has 1 aromatic heterocycles. The topological polar surface area (TPSA) is 37.4 Å². The molecule has 114 valence electrons. The Labute approximate surface area is 126 Å². The van der Waals surface area contributed by atoms with Crippen molar-refractivity contribution in [1.82, 2.24) is 10.3 Å². The largest absolute Gasteiger partial charge is 0.378 e. The van der Waals surface area contributed by atoms with Gasteiger partial charge in [-0.2, -0.15) is 0 Å². The van der Waals surface area contributed by atoms with E-state index in [2.05, 4.69) is 38.0 Å². The van der Waals surface area contributed by atoms with E-state index < -0.39 is 0 Å². The zero-order chi connectivity index (χ0) is 14.8. The van der Waals surface area contributed by atoms with Gasteiger partial charge in [-0.05, 0) is 40.0 Å². The fourth-order valence-electron chi connectivity index (χ4n) is 2.18. The second-order valence-electron chi connectivity index (χ2n) is 6.60. The van der Waals surface area contributed by atoms with Crippen molar-refractivity contribution in [2.24, 2.45) is 0 Å². The summed E-state index contributed by atoms with van der Waals surface area (Å²) in [6.07, 6.45) is 3.94. The highest BCUT2D eigenvalue weighted by Gasteiger charge is 2.25. The number of nitrogens with zero attached hydrogens (tertiary/aromatic N) is 2. The summed E-state index contributed by atoms with van der Waals surface area (Å²) in [5.41, 5.74) is 1.20. The molecule has 4 nitrogen and oxygen atoms in total. The predicted molar refractivity (Wildman–Crippen MR) is 85.5 cm³/mol. The minimum absolute atomic E-state index is 0.119. The van der Waals surface area contributed by atoms with Crippen LogP contribution in [0.5, 0.6) is 0 Å². The van der Waals surface area contributed by atoms with Gasteiger partial charge in [-0.25, -0.2) is 4.98 Å². The molecule has 2 rings (SSSR count).